The normalized spacial score (nSPS) is 18.8. The molecule has 5 aromatic heterocycles. The van der Waals surface area contributed by atoms with Crippen molar-refractivity contribution >= 4 is 11.3 Å². The Balaban J connectivity index is 1.14. The van der Waals surface area contributed by atoms with Gasteiger partial charge in [-0.3, -0.25) is 4.68 Å². The largest absolute Gasteiger partial charge is 0.481 e. The number of piperidine rings is 1. The van der Waals surface area contributed by atoms with Crippen molar-refractivity contribution in [2.75, 3.05) is 25.1 Å². The van der Waals surface area contributed by atoms with Crippen molar-refractivity contribution in [1.82, 2.24) is 34.3 Å². The van der Waals surface area contributed by atoms with Crippen molar-refractivity contribution < 1.29 is 14.9 Å². The lowest BCUT2D eigenvalue weighted by Crippen LogP contribution is -2.74. The van der Waals surface area contributed by atoms with Crippen LogP contribution < -0.4 is 9.64 Å². The van der Waals surface area contributed by atoms with Crippen LogP contribution in [-0.4, -0.2) is 76.8 Å². The van der Waals surface area contributed by atoms with Gasteiger partial charge in [0.2, 0.25) is 5.88 Å². The van der Waals surface area contributed by atoms with Crippen LogP contribution in [0.1, 0.15) is 17.5 Å². The first-order chi connectivity index (χ1) is 19.9. The summed E-state index contributed by atoms with van der Waals surface area (Å²) >= 11 is 0. The number of pyridine rings is 3. The Morgan fingerprint density at radius 2 is 1.78 bits per heavy atom. The fraction of sp³-hybridized carbons (Fsp3) is 0.276. The van der Waals surface area contributed by atoms with Gasteiger partial charge in [-0.05, 0) is 30.7 Å². The van der Waals surface area contributed by atoms with E-state index in [0.717, 1.165) is 40.0 Å². The van der Waals surface area contributed by atoms with Gasteiger partial charge in [0.25, 0.3) is 5.91 Å². The lowest BCUT2D eigenvalue weighted by molar-refractivity contribution is -0.328. The van der Waals surface area contributed by atoms with Crippen LogP contribution in [-0.2, 0) is 13.0 Å². The predicted molar refractivity (Wildman–Crippen MR) is 148 cm³/mol. The SMILES string of the molecule is COc1ccc(C(O)(O)N2C3CC2CN(c2ccc(-c4cc(-c5cnn(C)c5)cn5ncc(C#N)c45)cn2)C3)cn1. The lowest BCUT2D eigenvalue weighted by Gasteiger charge is -2.60. The molecule has 3 fully saturated rings. The maximum atomic E-state index is 11.0. The third kappa shape index (κ3) is 4.10. The van der Waals surface area contributed by atoms with Crippen molar-refractivity contribution in [3.8, 4) is 34.2 Å². The van der Waals surface area contributed by atoms with Gasteiger partial charge in [0, 0.05) is 90.9 Å². The second-order valence-corrected chi connectivity index (χ2v) is 10.5. The molecule has 12 heteroatoms. The monoisotopic (exact) mass is 549 g/mol. The second kappa shape index (κ2) is 9.38. The van der Waals surface area contributed by atoms with E-state index in [4.69, 9.17) is 9.72 Å². The van der Waals surface area contributed by atoms with E-state index in [-0.39, 0.29) is 12.1 Å². The Labute approximate surface area is 235 Å². The van der Waals surface area contributed by atoms with Crippen molar-refractivity contribution in [3.63, 3.8) is 0 Å². The van der Waals surface area contributed by atoms with Crippen LogP contribution in [0.5, 0.6) is 5.88 Å². The molecule has 3 aliphatic rings. The molecule has 5 aromatic rings. The number of hydrogen-bond acceptors (Lipinski definition) is 10. The molecule has 3 saturated heterocycles. The number of nitrogens with zero attached hydrogens (tertiary/aromatic N) is 9. The van der Waals surface area contributed by atoms with Gasteiger partial charge in [-0.1, -0.05) is 0 Å². The van der Waals surface area contributed by atoms with Crippen LogP contribution in [0.25, 0.3) is 27.8 Å². The molecular formula is C29H27N9O3. The molecule has 2 bridgehead atoms. The summed E-state index contributed by atoms with van der Waals surface area (Å²) in [4.78, 5) is 12.8. The number of aromatic nitrogens is 6. The van der Waals surface area contributed by atoms with Crippen LogP contribution in [0.2, 0.25) is 0 Å². The fourth-order valence-electron chi connectivity index (χ4n) is 6.04. The molecule has 0 aromatic carbocycles. The Hall–Kier alpha value is -4.83. The van der Waals surface area contributed by atoms with Crippen molar-refractivity contribution in [3.05, 3.63) is 78.6 Å². The summed E-state index contributed by atoms with van der Waals surface area (Å²) in [6.07, 6.45) is 11.3. The number of fused-ring (bicyclic) bond motifs is 3. The molecule has 2 unspecified atom stereocenters. The third-order valence-corrected chi connectivity index (χ3v) is 8.04. The summed E-state index contributed by atoms with van der Waals surface area (Å²) in [5.41, 5.74) is 5.10. The minimum absolute atomic E-state index is 0.0481. The van der Waals surface area contributed by atoms with E-state index >= 15 is 0 Å². The van der Waals surface area contributed by atoms with Crippen LogP contribution >= 0.6 is 0 Å². The number of nitriles is 1. The number of methoxy groups -OCH3 is 1. The zero-order chi connectivity index (χ0) is 28.3. The number of aryl methyl sites for hydroxylation is 1. The smallest absolute Gasteiger partial charge is 0.255 e. The van der Waals surface area contributed by atoms with Gasteiger partial charge in [0.1, 0.15) is 11.9 Å². The van der Waals surface area contributed by atoms with E-state index in [1.807, 2.05) is 43.8 Å². The quantitative estimate of drug-likeness (QED) is 0.303. The van der Waals surface area contributed by atoms with Crippen molar-refractivity contribution in [2.45, 2.75) is 24.4 Å². The summed E-state index contributed by atoms with van der Waals surface area (Å²) in [6.45, 7) is 1.22. The van der Waals surface area contributed by atoms with E-state index in [2.05, 4.69) is 26.2 Å². The fourth-order valence-corrected chi connectivity index (χ4v) is 6.04. The Bertz CT molecular complexity index is 1780. The minimum Gasteiger partial charge on any atom is -0.481 e. The van der Waals surface area contributed by atoms with Gasteiger partial charge in [0.15, 0.2) is 0 Å². The standard InChI is InChI=1S/C29H27N9O3/c1-35-14-21(12-33-35)19-7-25(28-20(9-30)11-34-37(28)15-19)18-3-5-26(31-10-18)36-16-23-8-24(17-36)38(23)29(39,40)22-4-6-27(41-2)32-13-22/h3-7,10-15,23-24,39-40H,8,16-17H2,1-2H3. The number of anilines is 1. The Morgan fingerprint density at radius 3 is 2.41 bits per heavy atom. The highest BCUT2D eigenvalue weighted by Gasteiger charge is 2.54. The minimum atomic E-state index is -2.12. The third-order valence-electron chi connectivity index (χ3n) is 8.04. The highest BCUT2D eigenvalue weighted by atomic mass is 16.5. The highest BCUT2D eigenvalue weighted by Crippen LogP contribution is 2.42. The first kappa shape index (κ1) is 25.2. The lowest BCUT2D eigenvalue weighted by atomic mass is 9.85. The zero-order valence-electron chi connectivity index (χ0n) is 22.5. The second-order valence-electron chi connectivity index (χ2n) is 10.5. The summed E-state index contributed by atoms with van der Waals surface area (Å²) in [7, 11) is 3.39. The van der Waals surface area contributed by atoms with Crippen LogP contribution in [0.15, 0.2) is 67.5 Å². The Kier molecular flexibility index (Phi) is 5.75. The molecule has 8 rings (SSSR count). The van der Waals surface area contributed by atoms with Crippen LogP contribution in [0, 0.1) is 11.3 Å². The number of rotatable bonds is 6. The topological polar surface area (TPSA) is 141 Å². The number of ether oxygens (including phenoxy) is 1. The van der Waals surface area contributed by atoms with Crippen LogP contribution in [0.3, 0.4) is 0 Å². The molecular weight excluding hydrogens is 522 g/mol. The molecule has 8 heterocycles. The van der Waals surface area contributed by atoms with Gasteiger partial charge < -0.3 is 19.8 Å². The average molecular weight is 550 g/mol. The number of piperazine rings is 1. The van der Waals surface area contributed by atoms with E-state index in [1.54, 1.807) is 38.6 Å². The predicted octanol–water partition coefficient (Wildman–Crippen LogP) is 2.13. The summed E-state index contributed by atoms with van der Waals surface area (Å²) < 4.78 is 8.56. The van der Waals surface area contributed by atoms with Gasteiger partial charge in [0.05, 0.1) is 30.6 Å². The first-order valence-electron chi connectivity index (χ1n) is 13.2. The first-order valence-corrected chi connectivity index (χ1v) is 13.2. The molecule has 0 saturated carbocycles. The molecule has 0 aliphatic carbocycles. The van der Waals surface area contributed by atoms with Gasteiger partial charge in [-0.25, -0.2) is 19.4 Å². The van der Waals surface area contributed by atoms with E-state index in [0.29, 0.717) is 30.1 Å². The molecule has 206 valence electrons. The van der Waals surface area contributed by atoms with Gasteiger partial charge >= 0.3 is 0 Å². The molecule has 12 nitrogen and oxygen atoms in total. The summed E-state index contributed by atoms with van der Waals surface area (Å²) in [5, 5.41) is 40.5. The van der Waals surface area contributed by atoms with Gasteiger partial charge in [-0.15, -0.1) is 0 Å². The van der Waals surface area contributed by atoms with Crippen molar-refractivity contribution in [2.24, 2.45) is 7.05 Å². The zero-order valence-corrected chi connectivity index (χ0v) is 22.5. The maximum absolute atomic E-state index is 11.0. The molecule has 0 spiro atoms. The molecule has 2 N–H and O–H groups in total. The average Bonchev–Trinajstić information content (AvgIpc) is 3.62. The maximum Gasteiger partial charge on any atom is 0.255 e. The Morgan fingerprint density at radius 1 is 0.951 bits per heavy atom. The summed E-state index contributed by atoms with van der Waals surface area (Å²) in [5.74, 6) is -0.898. The molecule has 0 amide bonds. The van der Waals surface area contributed by atoms with Gasteiger partial charge in [-0.2, -0.15) is 15.5 Å². The van der Waals surface area contributed by atoms with Crippen LogP contribution in [0.4, 0.5) is 5.82 Å². The van der Waals surface area contributed by atoms with Crippen molar-refractivity contribution in [1.29, 1.82) is 5.26 Å². The van der Waals surface area contributed by atoms with E-state index in [1.165, 1.54) is 13.3 Å². The molecule has 2 atom stereocenters. The van der Waals surface area contributed by atoms with E-state index < -0.39 is 5.91 Å². The molecule has 0 radical (unpaired) electrons. The highest BCUT2D eigenvalue weighted by molar-refractivity contribution is 5.87. The summed E-state index contributed by atoms with van der Waals surface area (Å²) in [6, 6.07) is 11.4. The number of hydrogen-bond donors (Lipinski definition) is 2. The molecule has 41 heavy (non-hydrogen) atoms. The van der Waals surface area contributed by atoms with E-state index in [9.17, 15) is 15.5 Å². The number of aliphatic hydroxyl groups is 2. The molecule has 3 aliphatic heterocycles.